The molecule has 1 N–H and O–H groups in total. The summed E-state index contributed by atoms with van der Waals surface area (Å²) in [6, 6.07) is 5.65. The number of nitrogens with one attached hydrogen (secondary N) is 1. The zero-order chi connectivity index (χ0) is 20.9. The molecule has 0 aliphatic rings. The third-order valence-corrected chi connectivity index (χ3v) is 3.39. The third-order valence-electron chi connectivity index (χ3n) is 3.10. The molecular weight excluding hydrogens is 410 g/mol. The molecule has 0 bridgehead atoms. The van der Waals surface area contributed by atoms with Crippen molar-refractivity contribution >= 4 is 35.1 Å². The first-order chi connectivity index (χ1) is 13.1. The Hall–Kier alpha value is -3.21. The van der Waals surface area contributed by atoms with E-state index in [1.807, 2.05) is 5.32 Å². The Kier molecular flexibility index (Phi) is 6.52. The molecule has 7 nitrogen and oxygen atoms in total. The number of hydrogen-bond donors (Lipinski definition) is 1. The van der Waals surface area contributed by atoms with Crippen molar-refractivity contribution in [2.24, 2.45) is 5.16 Å². The van der Waals surface area contributed by atoms with Gasteiger partial charge in [-0.15, -0.1) is 0 Å². The summed E-state index contributed by atoms with van der Waals surface area (Å²) in [4.78, 5) is 31.4. The summed E-state index contributed by atoms with van der Waals surface area (Å²) in [7, 11) is 0.954. The van der Waals surface area contributed by atoms with E-state index in [1.54, 1.807) is 0 Å². The van der Waals surface area contributed by atoms with Crippen LogP contribution in [0.3, 0.4) is 0 Å². The molecule has 1 heterocycles. The van der Waals surface area contributed by atoms with Gasteiger partial charge < -0.3 is 4.74 Å². The predicted molar refractivity (Wildman–Crippen MR) is 89.3 cm³/mol. The van der Waals surface area contributed by atoms with Crippen LogP contribution in [0.15, 0.2) is 41.7 Å². The molecule has 2 aromatic rings. The summed E-state index contributed by atoms with van der Waals surface area (Å²) >= 11 is 5.74. The molecule has 0 aliphatic heterocycles. The molecule has 1 amide bonds. The molecule has 28 heavy (non-hydrogen) atoms. The summed E-state index contributed by atoms with van der Waals surface area (Å²) in [5.41, 5.74) is -2.68. The van der Waals surface area contributed by atoms with Crippen LogP contribution in [-0.2, 0) is 20.5 Å². The number of ether oxygens (including phenoxy) is 1. The highest BCUT2D eigenvalue weighted by molar-refractivity contribution is 6.46. The predicted octanol–water partition coefficient (Wildman–Crippen LogP) is 4.02. The fraction of sp³-hybridized carbons (Fsp3) is 0.125. The van der Waals surface area contributed by atoms with E-state index < -0.39 is 46.0 Å². The first-order valence-electron chi connectivity index (χ1n) is 7.25. The molecule has 0 atom stereocenters. The minimum Gasteiger partial charge on any atom is -0.464 e. The highest BCUT2D eigenvalue weighted by Gasteiger charge is 2.32. The summed E-state index contributed by atoms with van der Waals surface area (Å²) in [5, 5.41) is 4.66. The Bertz CT molecular complexity index is 934. The van der Waals surface area contributed by atoms with Crippen LogP contribution in [0, 0.1) is 5.82 Å². The number of halogens is 5. The lowest BCUT2D eigenvalue weighted by molar-refractivity contribution is -0.137. The smallest absolute Gasteiger partial charge is 0.437 e. The molecule has 2 rings (SSSR count). The van der Waals surface area contributed by atoms with Crippen LogP contribution in [0.5, 0.6) is 0 Å². The fourth-order valence-corrected chi connectivity index (χ4v) is 2.08. The number of para-hydroxylation sites is 1. The normalized spacial score (nSPS) is 11.7. The fourth-order valence-electron chi connectivity index (χ4n) is 1.82. The molecule has 1 aromatic heterocycles. The number of amides is 1. The lowest BCUT2D eigenvalue weighted by Crippen LogP contribution is -2.22. The van der Waals surface area contributed by atoms with Crippen LogP contribution in [0.2, 0.25) is 5.02 Å². The van der Waals surface area contributed by atoms with E-state index in [0.29, 0.717) is 12.3 Å². The van der Waals surface area contributed by atoms with E-state index in [1.165, 1.54) is 18.2 Å². The van der Waals surface area contributed by atoms with Crippen molar-refractivity contribution in [3.8, 4) is 0 Å². The minimum atomic E-state index is -4.71. The molecule has 0 spiro atoms. The van der Waals surface area contributed by atoms with E-state index >= 15 is 0 Å². The van der Waals surface area contributed by atoms with Crippen LogP contribution in [0.25, 0.3) is 0 Å². The number of hydrogen-bond acceptors (Lipinski definition) is 6. The van der Waals surface area contributed by atoms with Crippen molar-refractivity contribution in [1.82, 2.24) is 4.98 Å². The number of aromatic nitrogens is 1. The number of oxime groups is 1. The van der Waals surface area contributed by atoms with Crippen molar-refractivity contribution in [3.63, 3.8) is 0 Å². The molecule has 0 radical (unpaired) electrons. The standard InChI is InChI=1S/C16H10ClF4N3O4/c1-27-14(25)13(12-9(17)6-8(7-22-12)16(19,20)21)24-28-15(26)23-11-5-3-2-4-10(11)18/h2-7H,1H3,(H,23,26). The average Bonchev–Trinajstić information content (AvgIpc) is 2.63. The van der Waals surface area contributed by atoms with Crippen molar-refractivity contribution in [2.75, 3.05) is 12.4 Å². The van der Waals surface area contributed by atoms with Crippen molar-refractivity contribution in [3.05, 3.63) is 58.6 Å². The van der Waals surface area contributed by atoms with E-state index in [-0.39, 0.29) is 5.69 Å². The van der Waals surface area contributed by atoms with Crippen molar-refractivity contribution in [1.29, 1.82) is 0 Å². The monoisotopic (exact) mass is 419 g/mol. The highest BCUT2D eigenvalue weighted by Crippen LogP contribution is 2.31. The largest absolute Gasteiger partial charge is 0.464 e. The van der Waals surface area contributed by atoms with Crippen LogP contribution in [-0.4, -0.2) is 29.9 Å². The summed E-state index contributed by atoms with van der Waals surface area (Å²) in [5.74, 6) is -1.95. The van der Waals surface area contributed by atoms with Gasteiger partial charge >= 0.3 is 18.2 Å². The molecule has 12 heteroatoms. The summed E-state index contributed by atoms with van der Waals surface area (Å²) in [6.07, 6.45) is -5.58. The molecular formula is C16H10ClF4N3O4. The zero-order valence-electron chi connectivity index (χ0n) is 13.9. The van der Waals surface area contributed by atoms with E-state index in [0.717, 1.165) is 13.2 Å². The average molecular weight is 420 g/mol. The summed E-state index contributed by atoms with van der Waals surface area (Å²) in [6.45, 7) is 0. The number of benzene rings is 1. The summed E-state index contributed by atoms with van der Waals surface area (Å²) < 4.78 is 56.0. The molecule has 0 saturated heterocycles. The number of rotatable bonds is 4. The van der Waals surface area contributed by atoms with Crippen LogP contribution in [0.4, 0.5) is 28.0 Å². The molecule has 0 aliphatic carbocycles. The lowest BCUT2D eigenvalue weighted by atomic mass is 10.2. The molecule has 0 unspecified atom stereocenters. The number of carbonyl (C=O) groups is 2. The van der Waals surface area contributed by atoms with Gasteiger partial charge in [0.15, 0.2) is 0 Å². The Labute approximate surface area is 159 Å². The first kappa shape index (κ1) is 21.1. The van der Waals surface area contributed by atoms with Gasteiger partial charge in [0.05, 0.1) is 23.4 Å². The quantitative estimate of drug-likeness (QED) is 0.266. The maximum absolute atomic E-state index is 13.5. The van der Waals surface area contributed by atoms with E-state index in [2.05, 4.69) is 19.7 Å². The number of esters is 1. The van der Waals surface area contributed by atoms with E-state index in [4.69, 9.17) is 11.6 Å². The second kappa shape index (κ2) is 8.65. The van der Waals surface area contributed by atoms with Gasteiger partial charge in [-0.1, -0.05) is 28.9 Å². The molecule has 0 saturated carbocycles. The van der Waals surface area contributed by atoms with Crippen LogP contribution >= 0.6 is 11.6 Å². The maximum atomic E-state index is 13.5. The molecule has 148 valence electrons. The Morgan fingerprint density at radius 2 is 1.93 bits per heavy atom. The van der Waals surface area contributed by atoms with Gasteiger partial charge in [-0.05, 0) is 18.2 Å². The zero-order valence-corrected chi connectivity index (χ0v) is 14.6. The lowest BCUT2D eigenvalue weighted by Gasteiger charge is -2.10. The number of pyridine rings is 1. The van der Waals surface area contributed by atoms with Crippen LogP contribution < -0.4 is 5.32 Å². The second-order valence-electron chi connectivity index (χ2n) is 4.97. The Morgan fingerprint density at radius 1 is 1.25 bits per heavy atom. The topological polar surface area (TPSA) is 89.9 Å². The molecule has 1 aromatic carbocycles. The number of nitrogens with zero attached hydrogens (tertiary/aromatic N) is 2. The van der Waals surface area contributed by atoms with Crippen LogP contribution in [0.1, 0.15) is 11.3 Å². The number of alkyl halides is 3. The van der Waals surface area contributed by atoms with Gasteiger partial charge in [-0.3, -0.25) is 15.1 Å². The number of anilines is 1. The first-order valence-corrected chi connectivity index (χ1v) is 7.63. The minimum absolute atomic E-state index is 0.229. The number of carbonyl (C=O) groups excluding carboxylic acids is 2. The van der Waals surface area contributed by atoms with Gasteiger partial charge in [0, 0.05) is 6.20 Å². The van der Waals surface area contributed by atoms with Gasteiger partial charge in [0.1, 0.15) is 11.5 Å². The SMILES string of the molecule is COC(=O)C(=NOC(=O)Nc1ccccc1F)c1ncc(C(F)(F)F)cc1Cl. The van der Waals surface area contributed by atoms with Gasteiger partial charge in [0.2, 0.25) is 5.71 Å². The molecule has 0 fully saturated rings. The highest BCUT2D eigenvalue weighted by atomic mass is 35.5. The van der Waals surface area contributed by atoms with Gasteiger partial charge in [0.25, 0.3) is 0 Å². The maximum Gasteiger partial charge on any atom is 0.437 e. The van der Waals surface area contributed by atoms with Crippen molar-refractivity contribution in [2.45, 2.75) is 6.18 Å². The van der Waals surface area contributed by atoms with Gasteiger partial charge in [-0.2, -0.15) is 13.2 Å². The second-order valence-corrected chi connectivity index (χ2v) is 5.37. The Morgan fingerprint density at radius 3 is 2.50 bits per heavy atom. The third kappa shape index (κ3) is 5.16. The van der Waals surface area contributed by atoms with Crippen molar-refractivity contribution < 1.29 is 36.7 Å². The Balaban J connectivity index is 2.28. The van der Waals surface area contributed by atoms with Gasteiger partial charge in [-0.25, -0.2) is 14.0 Å². The van der Waals surface area contributed by atoms with E-state index in [9.17, 15) is 27.2 Å². The number of methoxy groups -OCH3 is 1.